The third-order valence-electron chi connectivity index (χ3n) is 4.34. The maximum atomic E-state index is 14.3. The van der Waals surface area contributed by atoms with Gasteiger partial charge >= 0.3 is 0 Å². The lowest BCUT2D eigenvalue weighted by molar-refractivity contribution is 0.0920. The van der Waals surface area contributed by atoms with Gasteiger partial charge in [0.25, 0.3) is 5.91 Å². The van der Waals surface area contributed by atoms with Gasteiger partial charge in [-0.25, -0.2) is 8.78 Å². The van der Waals surface area contributed by atoms with Crippen molar-refractivity contribution in [3.05, 3.63) is 59.7 Å². The minimum atomic E-state index is -0.618. The van der Waals surface area contributed by atoms with Crippen LogP contribution in [-0.4, -0.2) is 23.7 Å². The fraction of sp³-hybridized carbons (Fsp3) is 0.316. The molecule has 2 aromatic carbocycles. The second kappa shape index (κ2) is 7.09. The average molecular weight is 331 g/mol. The first-order valence-corrected chi connectivity index (χ1v) is 8.05. The molecule has 2 aromatic rings. The Morgan fingerprint density at radius 1 is 1.12 bits per heavy atom. The molecule has 24 heavy (non-hydrogen) atoms. The monoisotopic (exact) mass is 331 g/mol. The lowest BCUT2D eigenvalue weighted by atomic mass is 10.0. The number of carbonyl (C=O) groups excluding carboxylic acids is 1. The van der Waals surface area contributed by atoms with Crippen LogP contribution in [0.4, 0.5) is 8.78 Å². The van der Waals surface area contributed by atoms with E-state index in [0.29, 0.717) is 23.5 Å². The Kier molecular flexibility index (Phi) is 4.90. The zero-order valence-corrected chi connectivity index (χ0v) is 13.1. The van der Waals surface area contributed by atoms with Crippen molar-refractivity contribution in [1.29, 1.82) is 0 Å². The number of aliphatic hydroxyl groups excluding tert-OH is 1. The first-order chi connectivity index (χ1) is 11.6. The van der Waals surface area contributed by atoms with Crippen molar-refractivity contribution in [2.24, 2.45) is 5.92 Å². The smallest absolute Gasteiger partial charge is 0.254 e. The van der Waals surface area contributed by atoms with Crippen LogP contribution in [0.1, 0.15) is 29.6 Å². The highest BCUT2D eigenvalue weighted by Gasteiger charge is 2.32. The Balaban J connectivity index is 1.76. The molecule has 1 unspecified atom stereocenters. The fourth-order valence-corrected chi connectivity index (χ4v) is 2.83. The Morgan fingerprint density at radius 3 is 2.38 bits per heavy atom. The van der Waals surface area contributed by atoms with Gasteiger partial charge in [0.1, 0.15) is 11.6 Å². The standard InChI is InChI=1S/C19H19F2NO2/c20-15-6-3-12(4-7-15)14-5-8-16(17(21)11-14)19(24)22-18(9-10-23)13-1-2-13/h3-8,11,13,18,23H,1-2,9-10H2,(H,22,24). The van der Waals surface area contributed by atoms with Crippen molar-refractivity contribution >= 4 is 5.91 Å². The Labute approximate surface area is 139 Å². The zero-order valence-electron chi connectivity index (χ0n) is 13.1. The van der Waals surface area contributed by atoms with E-state index in [4.69, 9.17) is 5.11 Å². The molecule has 0 radical (unpaired) electrons. The molecular formula is C19H19F2NO2. The van der Waals surface area contributed by atoms with Crippen LogP contribution in [0.3, 0.4) is 0 Å². The van der Waals surface area contributed by atoms with E-state index in [0.717, 1.165) is 12.8 Å². The number of hydrogen-bond donors (Lipinski definition) is 2. The van der Waals surface area contributed by atoms with Crippen molar-refractivity contribution in [2.75, 3.05) is 6.61 Å². The van der Waals surface area contributed by atoms with E-state index < -0.39 is 11.7 Å². The normalized spacial score (nSPS) is 15.1. The second-order valence-electron chi connectivity index (χ2n) is 6.13. The van der Waals surface area contributed by atoms with Crippen LogP contribution in [0.25, 0.3) is 11.1 Å². The van der Waals surface area contributed by atoms with Crippen molar-refractivity contribution < 1.29 is 18.7 Å². The van der Waals surface area contributed by atoms with Gasteiger partial charge in [-0.1, -0.05) is 18.2 Å². The van der Waals surface area contributed by atoms with E-state index in [1.807, 2.05) is 0 Å². The van der Waals surface area contributed by atoms with Gasteiger partial charge in [-0.3, -0.25) is 4.79 Å². The molecule has 1 fully saturated rings. The molecule has 1 amide bonds. The van der Waals surface area contributed by atoms with Gasteiger partial charge in [0.05, 0.1) is 5.56 Å². The number of rotatable bonds is 6. The molecule has 0 bridgehead atoms. The summed E-state index contributed by atoms with van der Waals surface area (Å²) in [5.74, 6) is -1.07. The van der Waals surface area contributed by atoms with Crippen LogP contribution >= 0.6 is 0 Å². The molecule has 0 saturated heterocycles. The molecular weight excluding hydrogens is 312 g/mol. The summed E-state index contributed by atoms with van der Waals surface area (Å²) in [5, 5.41) is 11.9. The maximum absolute atomic E-state index is 14.3. The summed E-state index contributed by atoms with van der Waals surface area (Å²) in [6, 6.07) is 9.99. The van der Waals surface area contributed by atoms with E-state index in [1.165, 1.54) is 24.3 Å². The number of nitrogens with one attached hydrogen (secondary N) is 1. The van der Waals surface area contributed by atoms with E-state index in [1.54, 1.807) is 18.2 Å². The predicted octanol–water partition coefficient (Wildman–Crippen LogP) is 3.52. The summed E-state index contributed by atoms with van der Waals surface area (Å²) in [7, 11) is 0. The highest BCUT2D eigenvalue weighted by atomic mass is 19.1. The Hall–Kier alpha value is -2.27. The van der Waals surface area contributed by atoms with E-state index in [2.05, 4.69) is 5.32 Å². The second-order valence-corrected chi connectivity index (χ2v) is 6.13. The summed E-state index contributed by atoms with van der Waals surface area (Å²) < 4.78 is 27.3. The minimum Gasteiger partial charge on any atom is -0.396 e. The van der Waals surface area contributed by atoms with Crippen LogP contribution in [0.15, 0.2) is 42.5 Å². The highest BCUT2D eigenvalue weighted by Crippen LogP contribution is 2.34. The van der Waals surface area contributed by atoms with Crippen molar-refractivity contribution in [3.63, 3.8) is 0 Å². The van der Waals surface area contributed by atoms with Crippen LogP contribution in [0.2, 0.25) is 0 Å². The quantitative estimate of drug-likeness (QED) is 0.851. The summed E-state index contributed by atoms with van der Waals surface area (Å²) in [6.07, 6.45) is 2.53. The summed E-state index contributed by atoms with van der Waals surface area (Å²) in [5.41, 5.74) is 1.24. The summed E-state index contributed by atoms with van der Waals surface area (Å²) >= 11 is 0. The number of halogens is 2. The third-order valence-corrected chi connectivity index (χ3v) is 4.34. The lowest BCUT2D eigenvalue weighted by Gasteiger charge is -2.17. The Morgan fingerprint density at radius 2 is 1.79 bits per heavy atom. The van der Waals surface area contributed by atoms with Crippen molar-refractivity contribution in [1.82, 2.24) is 5.32 Å². The molecule has 1 aliphatic rings. The zero-order chi connectivity index (χ0) is 17.1. The lowest BCUT2D eigenvalue weighted by Crippen LogP contribution is -2.37. The first-order valence-electron chi connectivity index (χ1n) is 8.05. The van der Waals surface area contributed by atoms with Gasteiger partial charge in [-0.2, -0.15) is 0 Å². The average Bonchev–Trinajstić information content (AvgIpc) is 3.40. The molecule has 3 rings (SSSR count). The molecule has 0 spiro atoms. The molecule has 1 aliphatic carbocycles. The topological polar surface area (TPSA) is 49.3 Å². The SMILES string of the molecule is O=C(NC(CCO)C1CC1)c1ccc(-c2ccc(F)cc2)cc1F. The largest absolute Gasteiger partial charge is 0.396 e. The maximum Gasteiger partial charge on any atom is 0.254 e. The van der Waals surface area contributed by atoms with E-state index in [-0.39, 0.29) is 24.0 Å². The summed E-state index contributed by atoms with van der Waals surface area (Å²) in [6.45, 7) is -0.00651. The first kappa shape index (κ1) is 16.6. The Bertz CT molecular complexity index is 727. The molecule has 2 N–H and O–H groups in total. The molecule has 0 aromatic heterocycles. The van der Waals surface area contributed by atoms with E-state index in [9.17, 15) is 13.6 Å². The molecule has 0 heterocycles. The number of benzene rings is 2. The van der Waals surface area contributed by atoms with Gasteiger partial charge in [-0.05, 0) is 60.6 Å². The van der Waals surface area contributed by atoms with Crippen LogP contribution in [-0.2, 0) is 0 Å². The number of hydrogen-bond acceptors (Lipinski definition) is 2. The van der Waals surface area contributed by atoms with Crippen LogP contribution in [0.5, 0.6) is 0 Å². The van der Waals surface area contributed by atoms with Crippen molar-refractivity contribution in [3.8, 4) is 11.1 Å². The third kappa shape index (κ3) is 3.79. The number of amides is 1. The van der Waals surface area contributed by atoms with Gasteiger partial charge in [0, 0.05) is 12.6 Å². The van der Waals surface area contributed by atoms with E-state index >= 15 is 0 Å². The molecule has 1 saturated carbocycles. The molecule has 5 heteroatoms. The van der Waals surface area contributed by atoms with Gasteiger partial charge in [0.2, 0.25) is 0 Å². The van der Waals surface area contributed by atoms with Crippen LogP contribution < -0.4 is 5.32 Å². The van der Waals surface area contributed by atoms with Gasteiger partial charge in [0.15, 0.2) is 0 Å². The summed E-state index contributed by atoms with van der Waals surface area (Å²) in [4.78, 5) is 12.3. The molecule has 3 nitrogen and oxygen atoms in total. The van der Waals surface area contributed by atoms with Gasteiger partial charge in [-0.15, -0.1) is 0 Å². The molecule has 1 atom stereocenters. The van der Waals surface area contributed by atoms with Crippen LogP contribution in [0, 0.1) is 17.6 Å². The number of aliphatic hydroxyl groups is 1. The number of carbonyl (C=O) groups is 1. The minimum absolute atomic E-state index is 0.00651. The predicted molar refractivity (Wildman–Crippen MR) is 87.5 cm³/mol. The molecule has 0 aliphatic heterocycles. The van der Waals surface area contributed by atoms with Gasteiger partial charge < -0.3 is 10.4 Å². The van der Waals surface area contributed by atoms with Crippen molar-refractivity contribution in [2.45, 2.75) is 25.3 Å². The molecule has 126 valence electrons. The fourth-order valence-electron chi connectivity index (χ4n) is 2.83. The highest BCUT2D eigenvalue weighted by molar-refractivity contribution is 5.95.